The summed E-state index contributed by atoms with van der Waals surface area (Å²) in [5, 5.41) is 8.72. The summed E-state index contributed by atoms with van der Waals surface area (Å²) < 4.78 is 2.24. The van der Waals surface area contributed by atoms with Crippen LogP contribution in [-0.4, -0.2) is 20.6 Å². The lowest BCUT2D eigenvalue weighted by Crippen LogP contribution is -2.31. The van der Waals surface area contributed by atoms with Gasteiger partial charge in [0.15, 0.2) is 0 Å². The van der Waals surface area contributed by atoms with E-state index in [-0.39, 0.29) is 0 Å². The molecule has 0 aliphatic heterocycles. The number of carbonyl (C=O) groups is 1. The Morgan fingerprint density at radius 3 is 2.69 bits per heavy atom. The van der Waals surface area contributed by atoms with Crippen molar-refractivity contribution in [2.45, 2.75) is 53.0 Å². The van der Waals surface area contributed by atoms with E-state index >= 15 is 0 Å². The Balaban J connectivity index is 2.02. The zero-order valence-corrected chi connectivity index (χ0v) is 16.2. The highest BCUT2D eigenvalue weighted by molar-refractivity contribution is 5.81. The molecule has 4 heteroatoms. The zero-order valence-electron chi connectivity index (χ0n) is 16.2. The van der Waals surface area contributed by atoms with Crippen LogP contribution < -0.4 is 0 Å². The number of aliphatic carboxylic acids is 1. The molecular weight excluding hydrogens is 324 g/mol. The number of rotatable bonds is 6. The van der Waals surface area contributed by atoms with Crippen LogP contribution >= 0.6 is 0 Å². The van der Waals surface area contributed by atoms with E-state index in [1.807, 2.05) is 30.8 Å². The van der Waals surface area contributed by atoms with Gasteiger partial charge in [-0.2, -0.15) is 0 Å². The lowest BCUT2D eigenvalue weighted by molar-refractivity contribution is -0.131. The van der Waals surface area contributed by atoms with Crippen LogP contribution in [0.25, 0.3) is 0 Å². The Hall–Kier alpha value is -2.36. The smallest absolute Gasteiger partial charge is 0.328 e. The van der Waals surface area contributed by atoms with Gasteiger partial charge >= 0.3 is 5.97 Å². The van der Waals surface area contributed by atoms with Gasteiger partial charge in [0.1, 0.15) is 0 Å². The molecule has 0 spiro atoms. The molecule has 0 radical (unpaired) electrons. The van der Waals surface area contributed by atoms with Crippen LogP contribution in [0.5, 0.6) is 0 Å². The molecule has 0 amide bonds. The second-order valence-corrected chi connectivity index (χ2v) is 7.89. The third-order valence-electron chi connectivity index (χ3n) is 5.26. The molecule has 1 aromatic rings. The summed E-state index contributed by atoms with van der Waals surface area (Å²) in [6.45, 7) is 8.56. The molecule has 1 saturated carbocycles. The lowest BCUT2D eigenvalue weighted by Gasteiger charge is -2.41. The fraction of sp³-hybridized carbons (Fsp3) is 0.455. The number of allylic oxidation sites excluding steroid dienone is 7. The predicted molar refractivity (Wildman–Crippen MR) is 106 cm³/mol. The van der Waals surface area contributed by atoms with Gasteiger partial charge in [-0.25, -0.2) is 9.78 Å². The summed E-state index contributed by atoms with van der Waals surface area (Å²) in [6.07, 6.45) is 20.8. The van der Waals surface area contributed by atoms with Gasteiger partial charge in [0, 0.05) is 24.5 Å². The maximum atomic E-state index is 10.6. The van der Waals surface area contributed by atoms with E-state index in [0.29, 0.717) is 17.4 Å². The summed E-state index contributed by atoms with van der Waals surface area (Å²) in [5.74, 6) is -0.399. The molecule has 0 saturated heterocycles. The van der Waals surface area contributed by atoms with Crippen LogP contribution in [0.4, 0.5) is 0 Å². The summed E-state index contributed by atoms with van der Waals surface area (Å²) in [7, 11) is 0. The number of hydrogen-bond donors (Lipinski definition) is 1. The van der Waals surface area contributed by atoms with Gasteiger partial charge < -0.3 is 9.67 Å². The fourth-order valence-corrected chi connectivity index (χ4v) is 3.47. The van der Waals surface area contributed by atoms with Crippen LogP contribution in [0.1, 0.15) is 53.0 Å². The quantitative estimate of drug-likeness (QED) is 0.554. The van der Waals surface area contributed by atoms with Crippen molar-refractivity contribution in [3.8, 4) is 0 Å². The van der Waals surface area contributed by atoms with Gasteiger partial charge in [-0.05, 0) is 50.0 Å². The zero-order chi connectivity index (χ0) is 19.2. The highest BCUT2D eigenvalue weighted by Crippen LogP contribution is 2.45. The molecule has 1 aromatic heterocycles. The minimum Gasteiger partial charge on any atom is -0.478 e. The van der Waals surface area contributed by atoms with E-state index in [1.165, 1.54) is 18.9 Å². The highest BCUT2D eigenvalue weighted by atomic mass is 16.4. The number of carboxylic acids is 1. The van der Waals surface area contributed by atoms with Crippen molar-refractivity contribution in [2.75, 3.05) is 0 Å². The summed E-state index contributed by atoms with van der Waals surface area (Å²) in [5.41, 5.74) is 2.18. The van der Waals surface area contributed by atoms with Crippen molar-refractivity contribution >= 4 is 5.97 Å². The molecule has 0 bridgehead atoms. The maximum Gasteiger partial charge on any atom is 0.328 e. The van der Waals surface area contributed by atoms with Crippen molar-refractivity contribution in [3.63, 3.8) is 0 Å². The number of imidazole rings is 1. The first kappa shape index (κ1) is 20.0. The van der Waals surface area contributed by atoms with Crippen LogP contribution in [0.15, 0.2) is 66.3 Å². The summed E-state index contributed by atoms with van der Waals surface area (Å²) in [6, 6.07) is 0.521. The SMILES string of the molecule is CC(/C=C/C1CC(n2ccnc2)CCC1(C)C)=C\C=C\C(C)=C\C(=O)O. The molecule has 140 valence electrons. The van der Waals surface area contributed by atoms with Gasteiger partial charge in [0.05, 0.1) is 6.33 Å². The lowest BCUT2D eigenvalue weighted by atomic mass is 9.67. The largest absolute Gasteiger partial charge is 0.478 e. The molecule has 1 heterocycles. The van der Waals surface area contributed by atoms with Crippen LogP contribution in [0.2, 0.25) is 0 Å². The van der Waals surface area contributed by atoms with E-state index in [9.17, 15) is 4.79 Å². The average molecular weight is 354 g/mol. The standard InChI is InChI=1S/C22H30N2O2/c1-17(6-5-7-18(2)14-21(25)26)8-9-19-15-20(10-11-22(19,3)4)24-13-12-23-16-24/h5-9,12-14,16,19-20H,10-11,15H2,1-4H3,(H,25,26)/b7-5+,9-8+,17-6+,18-14+. The Bertz CT molecular complexity index is 721. The van der Waals surface area contributed by atoms with E-state index in [0.717, 1.165) is 17.6 Å². The molecular formula is C22H30N2O2. The van der Waals surface area contributed by atoms with Crippen molar-refractivity contribution < 1.29 is 9.90 Å². The van der Waals surface area contributed by atoms with E-state index in [1.54, 1.807) is 6.92 Å². The molecule has 1 fully saturated rings. The van der Waals surface area contributed by atoms with Crippen LogP contribution in [0.3, 0.4) is 0 Å². The molecule has 2 atom stereocenters. The Kier molecular flexibility index (Phi) is 6.78. The molecule has 1 aliphatic rings. The molecule has 2 rings (SSSR count). The molecule has 2 unspecified atom stereocenters. The van der Waals surface area contributed by atoms with Crippen molar-refractivity contribution in [2.24, 2.45) is 11.3 Å². The van der Waals surface area contributed by atoms with Gasteiger partial charge in [-0.1, -0.05) is 49.8 Å². The summed E-state index contributed by atoms with van der Waals surface area (Å²) in [4.78, 5) is 14.8. The second kappa shape index (κ2) is 8.84. The first-order valence-electron chi connectivity index (χ1n) is 9.20. The van der Waals surface area contributed by atoms with Gasteiger partial charge in [-0.3, -0.25) is 0 Å². The molecule has 0 aromatic carbocycles. The minimum absolute atomic E-state index is 0.296. The third kappa shape index (κ3) is 5.87. The third-order valence-corrected chi connectivity index (χ3v) is 5.26. The van der Waals surface area contributed by atoms with Gasteiger partial charge in [0.25, 0.3) is 0 Å². The first-order valence-corrected chi connectivity index (χ1v) is 9.20. The Morgan fingerprint density at radius 2 is 2.04 bits per heavy atom. The normalized spacial score (nSPS) is 24.5. The second-order valence-electron chi connectivity index (χ2n) is 7.89. The van der Waals surface area contributed by atoms with E-state index in [2.05, 4.69) is 48.7 Å². The van der Waals surface area contributed by atoms with E-state index < -0.39 is 5.97 Å². The highest BCUT2D eigenvalue weighted by Gasteiger charge is 2.35. The van der Waals surface area contributed by atoms with Crippen molar-refractivity contribution in [1.82, 2.24) is 9.55 Å². The van der Waals surface area contributed by atoms with Gasteiger partial charge in [-0.15, -0.1) is 0 Å². The Labute approximate surface area is 156 Å². The minimum atomic E-state index is -0.917. The van der Waals surface area contributed by atoms with E-state index in [4.69, 9.17) is 5.11 Å². The molecule has 26 heavy (non-hydrogen) atoms. The number of hydrogen-bond acceptors (Lipinski definition) is 2. The number of aromatic nitrogens is 2. The summed E-state index contributed by atoms with van der Waals surface area (Å²) >= 11 is 0. The fourth-order valence-electron chi connectivity index (χ4n) is 3.47. The molecule has 1 N–H and O–H groups in total. The van der Waals surface area contributed by atoms with Crippen LogP contribution in [0, 0.1) is 11.3 Å². The predicted octanol–water partition coefficient (Wildman–Crippen LogP) is 5.34. The number of nitrogens with zero attached hydrogens (tertiary/aromatic N) is 2. The molecule has 1 aliphatic carbocycles. The van der Waals surface area contributed by atoms with Gasteiger partial charge in [0.2, 0.25) is 0 Å². The monoisotopic (exact) mass is 354 g/mol. The maximum absolute atomic E-state index is 10.6. The number of carboxylic acid groups (broad SMARTS) is 1. The van der Waals surface area contributed by atoms with Crippen LogP contribution in [-0.2, 0) is 4.79 Å². The average Bonchev–Trinajstić information content (AvgIpc) is 3.07. The topological polar surface area (TPSA) is 55.1 Å². The van der Waals surface area contributed by atoms with Crippen molar-refractivity contribution in [3.05, 3.63) is 66.3 Å². The first-order chi connectivity index (χ1) is 12.3. The molecule has 4 nitrogen and oxygen atoms in total. The Morgan fingerprint density at radius 1 is 1.27 bits per heavy atom. The van der Waals surface area contributed by atoms with Crippen molar-refractivity contribution in [1.29, 1.82) is 0 Å².